The average molecular weight is 315 g/mol. The zero-order chi connectivity index (χ0) is 16.7. The number of amides is 1. The van der Waals surface area contributed by atoms with Crippen LogP contribution in [0.1, 0.15) is 33.1 Å². The summed E-state index contributed by atoms with van der Waals surface area (Å²) >= 11 is 0. The molecule has 2 aromatic rings. The molecule has 1 aromatic heterocycles. The number of fused-ring (bicyclic) bond motifs is 1. The van der Waals surface area contributed by atoms with Gasteiger partial charge in [0.25, 0.3) is 0 Å². The Morgan fingerprint density at radius 3 is 2.91 bits per heavy atom. The normalized spacial score (nSPS) is 13.5. The third kappa shape index (κ3) is 4.66. The fourth-order valence-corrected chi connectivity index (χ4v) is 2.48. The van der Waals surface area contributed by atoms with E-state index in [0.717, 1.165) is 29.5 Å². The number of hydrogen-bond donors (Lipinski definition) is 2. The first-order valence-electron chi connectivity index (χ1n) is 8.08. The van der Waals surface area contributed by atoms with Gasteiger partial charge in [-0.3, -0.25) is 9.78 Å². The van der Waals surface area contributed by atoms with E-state index in [2.05, 4.69) is 10.3 Å². The quantitative estimate of drug-likeness (QED) is 0.734. The van der Waals surface area contributed by atoms with Crippen molar-refractivity contribution < 1.29 is 9.53 Å². The number of hydrogen-bond acceptors (Lipinski definition) is 4. The molecule has 0 spiro atoms. The van der Waals surface area contributed by atoms with E-state index >= 15 is 0 Å². The molecule has 0 aliphatic carbocycles. The number of rotatable bonds is 8. The molecule has 0 aliphatic heterocycles. The Morgan fingerprint density at radius 2 is 2.13 bits per heavy atom. The molecular formula is C18H25N3O2. The van der Waals surface area contributed by atoms with Crippen molar-refractivity contribution in [2.45, 2.75) is 38.6 Å². The van der Waals surface area contributed by atoms with Crippen molar-refractivity contribution in [1.82, 2.24) is 10.3 Å². The highest BCUT2D eigenvalue weighted by molar-refractivity contribution is 5.85. The molecule has 0 fully saturated rings. The number of para-hydroxylation sites is 1. The van der Waals surface area contributed by atoms with E-state index < -0.39 is 5.54 Å². The van der Waals surface area contributed by atoms with E-state index in [9.17, 15) is 4.79 Å². The van der Waals surface area contributed by atoms with Gasteiger partial charge in [-0.25, -0.2) is 0 Å². The van der Waals surface area contributed by atoms with Crippen LogP contribution in [-0.2, 0) is 4.79 Å². The van der Waals surface area contributed by atoms with Crippen molar-refractivity contribution in [3.63, 3.8) is 0 Å². The maximum Gasteiger partial charge on any atom is 0.239 e. The Bertz CT molecular complexity index is 650. The highest BCUT2D eigenvalue weighted by atomic mass is 16.5. The van der Waals surface area contributed by atoms with Crippen molar-refractivity contribution in [1.29, 1.82) is 0 Å². The Labute approximate surface area is 137 Å². The van der Waals surface area contributed by atoms with Gasteiger partial charge in [0.1, 0.15) is 11.3 Å². The number of carbonyl (C=O) groups is 1. The van der Waals surface area contributed by atoms with Gasteiger partial charge in [0.05, 0.1) is 12.1 Å². The van der Waals surface area contributed by atoms with Crippen LogP contribution in [0.4, 0.5) is 0 Å². The monoisotopic (exact) mass is 315 g/mol. The zero-order valence-electron chi connectivity index (χ0n) is 13.8. The van der Waals surface area contributed by atoms with E-state index in [0.29, 0.717) is 19.6 Å². The zero-order valence-corrected chi connectivity index (χ0v) is 13.8. The standard InChI is InChI=1S/C18H25N3O2/c1-3-10-18(2,19)17(22)21-12-6-13-23-15-9-4-7-14-8-5-11-20-16(14)15/h4-5,7-9,11H,3,6,10,12-13,19H2,1-2H3,(H,21,22). The summed E-state index contributed by atoms with van der Waals surface area (Å²) in [5.41, 5.74) is 6.05. The molecule has 0 radical (unpaired) electrons. The summed E-state index contributed by atoms with van der Waals surface area (Å²) < 4.78 is 5.79. The van der Waals surface area contributed by atoms with Gasteiger partial charge >= 0.3 is 0 Å². The van der Waals surface area contributed by atoms with Gasteiger partial charge in [0.2, 0.25) is 5.91 Å². The van der Waals surface area contributed by atoms with Crippen LogP contribution < -0.4 is 15.8 Å². The van der Waals surface area contributed by atoms with Gasteiger partial charge in [0.15, 0.2) is 0 Å². The van der Waals surface area contributed by atoms with Gasteiger partial charge in [-0.15, -0.1) is 0 Å². The Hall–Kier alpha value is -2.14. The largest absolute Gasteiger partial charge is 0.491 e. The molecule has 2 rings (SSSR count). The summed E-state index contributed by atoms with van der Waals surface area (Å²) in [6.45, 7) is 4.85. The Kier molecular flexibility index (Phi) is 5.93. The van der Waals surface area contributed by atoms with Crippen molar-refractivity contribution in [2.75, 3.05) is 13.2 Å². The van der Waals surface area contributed by atoms with Crippen LogP contribution in [0.3, 0.4) is 0 Å². The molecule has 1 amide bonds. The number of benzene rings is 1. The summed E-state index contributed by atoms with van der Waals surface area (Å²) in [4.78, 5) is 16.3. The van der Waals surface area contributed by atoms with Crippen LogP contribution in [0.2, 0.25) is 0 Å². The smallest absolute Gasteiger partial charge is 0.239 e. The number of nitrogens with two attached hydrogens (primary N) is 1. The van der Waals surface area contributed by atoms with E-state index in [1.807, 2.05) is 37.3 Å². The molecule has 124 valence electrons. The molecule has 1 aromatic carbocycles. The van der Waals surface area contributed by atoms with E-state index in [1.54, 1.807) is 13.1 Å². The van der Waals surface area contributed by atoms with Crippen LogP contribution in [0, 0.1) is 0 Å². The molecule has 1 heterocycles. The van der Waals surface area contributed by atoms with Crippen LogP contribution >= 0.6 is 0 Å². The molecule has 5 nitrogen and oxygen atoms in total. The molecule has 3 N–H and O–H groups in total. The molecule has 0 saturated heterocycles. The molecule has 0 aliphatic rings. The second kappa shape index (κ2) is 7.92. The molecule has 5 heteroatoms. The van der Waals surface area contributed by atoms with E-state index in [4.69, 9.17) is 10.5 Å². The molecule has 0 saturated carbocycles. The van der Waals surface area contributed by atoms with Crippen molar-refractivity contribution in [2.24, 2.45) is 5.73 Å². The predicted molar refractivity (Wildman–Crippen MR) is 92.4 cm³/mol. The molecule has 0 bridgehead atoms. The molecule has 1 unspecified atom stereocenters. The minimum Gasteiger partial charge on any atom is -0.491 e. The van der Waals surface area contributed by atoms with E-state index in [1.165, 1.54) is 0 Å². The highest BCUT2D eigenvalue weighted by Crippen LogP contribution is 2.22. The number of aromatic nitrogens is 1. The third-order valence-corrected chi connectivity index (χ3v) is 3.75. The fraction of sp³-hybridized carbons (Fsp3) is 0.444. The minimum absolute atomic E-state index is 0.105. The predicted octanol–water partition coefficient (Wildman–Crippen LogP) is 2.64. The number of nitrogens with zero attached hydrogens (tertiary/aromatic N) is 1. The lowest BCUT2D eigenvalue weighted by molar-refractivity contribution is -0.126. The maximum absolute atomic E-state index is 12.0. The van der Waals surface area contributed by atoms with Crippen LogP contribution in [0.5, 0.6) is 5.75 Å². The second-order valence-electron chi connectivity index (χ2n) is 5.96. The Balaban J connectivity index is 1.78. The average Bonchev–Trinajstić information content (AvgIpc) is 2.54. The SMILES string of the molecule is CCCC(C)(N)C(=O)NCCCOc1cccc2cccnc12. The lowest BCUT2D eigenvalue weighted by atomic mass is 9.96. The van der Waals surface area contributed by atoms with Gasteiger partial charge < -0.3 is 15.8 Å². The summed E-state index contributed by atoms with van der Waals surface area (Å²) in [5.74, 6) is 0.662. The summed E-state index contributed by atoms with van der Waals surface area (Å²) in [5, 5.41) is 3.92. The van der Waals surface area contributed by atoms with Gasteiger partial charge in [-0.2, -0.15) is 0 Å². The second-order valence-corrected chi connectivity index (χ2v) is 5.96. The van der Waals surface area contributed by atoms with Gasteiger partial charge in [-0.05, 0) is 31.9 Å². The minimum atomic E-state index is -0.796. The third-order valence-electron chi connectivity index (χ3n) is 3.75. The lowest BCUT2D eigenvalue weighted by Gasteiger charge is -2.22. The molecule has 23 heavy (non-hydrogen) atoms. The fourth-order valence-electron chi connectivity index (χ4n) is 2.48. The number of carbonyl (C=O) groups excluding carboxylic acids is 1. The first-order valence-corrected chi connectivity index (χ1v) is 8.08. The van der Waals surface area contributed by atoms with Crippen LogP contribution in [0.25, 0.3) is 10.9 Å². The number of pyridine rings is 1. The van der Waals surface area contributed by atoms with Gasteiger partial charge in [-0.1, -0.05) is 31.5 Å². The summed E-state index contributed by atoms with van der Waals surface area (Å²) in [6, 6.07) is 9.77. The first-order chi connectivity index (χ1) is 11.0. The van der Waals surface area contributed by atoms with Crippen molar-refractivity contribution >= 4 is 16.8 Å². The van der Waals surface area contributed by atoms with Crippen LogP contribution in [-0.4, -0.2) is 29.6 Å². The number of nitrogens with one attached hydrogen (secondary N) is 1. The lowest BCUT2D eigenvalue weighted by Crippen LogP contribution is -2.51. The highest BCUT2D eigenvalue weighted by Gasteiger charge is 2.26. The van der Waals surface area contributed by atoms with Gasteiger partial charge in [0, 0.05) is 18.1 Å². The summed E-state index contributed by atoms with van der Waals surface area (Å²) in [6.07, 6.45) is 4.04. The topological polar surface area (TPSA) is 77.2 Å². The molecule has 1 atom stereocenters. The number of ether oxygens (including phenoxy) is 1. The molecular weight excluding hydrogens is 290 g/mol. The van der Waals surface area contributed by atoms with Crippen molar-refractivity contribution in [3.8, 4) is 5.75 Å². The van der Waals surface area contributed by atoms with E-state index in [-0.39, 0.29) is 5.91 Å². The maximum atomic E-state index is 12.0. The summed E-state index contributed by atoms with van der Waals surface area (Å²) in [7, 11) is 0. The van der Waals surface area contributed by atoms with Crippen molar-refractivity contribution in [3.05, 3.63) is 36.5 Å². The first kappa shape index (κ1) is 17.2. The van der Waals surface area contributed by atoms with Crippen LogP contribution in [0.15, 0.2) is 36.5 Å². The Morgan fingerprint density at radius 1 is 1.35 bits per heavy atom.